The molecule has 1 unspecified atom stereocenters. The molecule has 0 bridgehead atoms. The summed E-state index contributed by atoms with van der Waals surface area (Å²) in [7, 11) is 0. The molecule has 2 heterocycles. The molecule has 7 heteroatoms. The zero-order valence-electron chi connectivity index (χ0n) is 16.3. The first-order valence-electron chi connectivity index (χ1n) is 10.2. The van der Waals surface area contributed by atoms with E-state index in [0.717, 1.165) is 27.6 Å². The number of benzene rings is 2. The molecule has 0 saturated heterocycles. The van der Waals surface area contributed by atoms with E-state index in [1.165, 1.54) is 37.0 Å². The van der Waals surface area contributed by atoms with Gasteiger partial charge in [-0.3, -0.25) is 4.57 Å². The smallest absolute Gasteiger partial charge is 0.258 e. The highest BCUT2D eigenvalue weighted by atomic mass is 32.2. The molecule has 1 aliphatic carbocycles. The fourth-order valence-electron chi connectivity index (χ4n) is 4.09. The largest absolute Gasteiger partial charge is 0.415 e. The van der Waals surface area contributed by atoms with Crippen molar-refractivity contribution in [3.05, 3.63) is 74.8 Å². The van der Waals surface area contributed by atoms with Crippen LogP contribution in [0.2, 0.25) is 0 Å². The van der Waals surface area contributed by atoms with Gasteiger partial charge >= 0.3 is 0 Å². The normalized spacial score (nSPS) is 20.7. The van der Waals surface area contributed by atoms with Gasteiger partial charge in [-0.05, 0) is 54.9 Å². The van der Waals surface area contributed by atoms with Gasteiger partial charge in [-0.25, -0.2) is 9.38 Å². The van der Waals surface area contributed by atoms with Gasteiger partial charge in [-0.15, -0.1) is 11.3 Å². The molecule has 154 valence electrons. The third-order valence-electron chi connectivity index (χ3n) is 5.55. The lowest BCUT2D eigenvalue weighted by Gasteiger charge is -2.28. The Bertz CT molecular complexity index is 1120. The maximum atomic E-state index is 13.3. The van der Waals surface area contributed by atoms with Crippen LogP contribution in [-0.4, -0.2) is 9.80 Å². The number of hydrogen-bond donors (Lipinski definition) is 0. The van der Waals surface area contributed by atoms with E-state index in [0.29, 0.717) is 17.0 Å². The number of thiazole rings is 1. The van der Waals surface area contributed by atoms with Crippen LogP contribution in [0, 0.1) is 9.77 Å². The van der Waals surface area contributed by atoms with E-state index in [9.17, 15) is 4.39 Å². The first-order chi connectivity index (χ1) is 14.7. The molecule has 1 fully saturated rings. The van der Waals surface area contributed by atoms with Crippen molar-refractivity contribution in [2.24, 2.45) is 4.99 Å². The lowest BCUT2D eigenvalue weighted by Crippen LogP contribution is -2.20. The Morgan fingerprint density at radius 1 is 1.00 bits per heavy atom. The second-order valence-corrected chi connectivity index (χ2v) is 10.3. The second kappa shape index (κ2) is 8.65. The third-order valence-corrected chi connectivity index (χ3v) is 8.27. The molecule has 2 aliphatic rings. The van der Waals surface area contributed by atoms with Crippen LogP contribution in [0.15, 0.2) is 59.6 Å². The Balaban J connectivity index is 1.60. The van der Waals surface area contributed by atoms with Crippen LogP contribution in [0.1, 0.15) is 53.8 Å². The molecule has 1 atom stereocenters. The molecule has 0 radical (unpaired) electrons. The Morgan fingerprint density at radius 2 is 1.73 bits per heavy atom. The number of halogens is 1. The first kappa shape index (κ1) is 20.0. The van der Waals surface area contributed by atoms with Crippen LogP contribution in [0.25, 0.3) is 0 Å². The van der Waals surface area contributed by atoms with Gasteiger partial charge in [0.25, 0.3) is 5.23 Å². The van der Waals surface area contributed by atoms with Crippen LogP contribution in [0.3, 0.4) is 0 Å². The molecule has 5 rings (SSSR count). The Morgan fingerprint density at radius 3 is 2.47 bits per heavy atom. The van der Waals surface area contributed by atoms with Crippen molar-refractivity contribution in [3.8, 4) is 5.88 Å². The van der Waals surface area contributed by atoms with Gasteiger partial charge in [-0.1, -0.05) is 61.4 Å². The third kappa shape index (κ3) is 3.98. The van der Waals surface area contributed by atoms with E-state index in [1.54, 1.807) is 35.2 Å². The zero-order chi connectivity index (χ0) is 20.5. The molecule has 1 aromatic heterocycles. The highest BCUT2D eigenvalue weighted by molar-refractivity contribution is 8.14. The lowest BCUT2D eigenvalue weighted by atomic mass is 9.95. The number of nitrogens with zero attached hydrogens (tertiary/aromatic N) is 2. The SMILES string of the molecule is Fc1ccc(N=C2Oc3c(sc(=S)n3C3CCCCC3)C(c3ccccc3)S2)cc1. The molecular weight excluding hydrogens is 435 g/mol. The van der Waals surface area contributed by atoms with E-state index in [-0.39, 0.29) is 11.1 Å². The number of aliphatic imine (C=N–C) groups is 1. The molecule has 3 aromatic rings. The Kier molecular flexibility index (Phi) is 5.76. The van der Waals surface area contributed by atoms with Gasteiger partial charge in [0.1, 0.15) is 5.82 Å². The van der Waals surface area contributed by atoms with Gasteiger partial charge in [-0.2, -0.15) is 0 Å². The van der Waals surface area contributed by atoms with Crippen LogP contribution in [-0.2, 0) is 0 Å². The standard InChI is InChI=1S/C23H21FN2OS3/c24-16-11-13-17(14-12-16)25-22-27-21-20(19(29-22)15-7-3-1-4-8-15)30-23(28)26(21)18-9-5-2-6-10-18/h1,3-4,7-8,11-14,18-19H,2,5-6,9-10H2. The number of thioether (sulfide) groups is 1. The fraction of sp³-hybridized carbons (Fsp3) is 0.304. The van der Waals surface area contributed by atoms with Gasteiger partial charge in [0.15, 0.2) is 3.95 Å². The Labute approximate surface area is 188 Å². The lowest BCUT2D eigenvalue weighted by molar-refractivity contribution is 0.327. The Hall–Kier alpha value is -1.96. The average molecular weight is 457 g/mol. The minimum atomic E-state index is -0.274. The van der Waals surface area contributed by atoms with Gasteiger partial charge in [0, 0.05) is 6.04 Å². The van der Waals surface area contributed by atoms with Crippen molar-refractivity contribution in [2.45, 2.75) is 43.4 Å². The molecule has 3 nitrogen and oxygen atoms in total. The number of aromatic nitrogens is 1. The van der Waals surface area contributed by atoms with Crippen molar-refractivity contribution in [2.75, 3.05) is 0 Å². The maximum Gasteiger partial charge on any atom is 0.258 e. The van der Waals surface area contributed by atoms with Crippen LogP contribution < -0.4 is 4.74 Å². The summed E-state index contributed by atoms with van der Waals surface area (Å²) in [5.41, 5.74) is 1.87. The average Bonchev–Trinajstić information content (AvgIpc) is 3.11. The van der Waals surface area contributed by atoms with Crippen molar-refractivity contribution in [1.82, 2.24) is 4.57 Å². The summed E-state index contributed by atoms with van der Waals surface area (Å²) in [6.45, 7) is 0. The summed E-state index contributed by atoms with van der Waals surface area (Å²) in [4.78, 5) is 5.83. The predicted octanol–water partition coefficient (Wildman–Crippen LogP) is 7.83. The molecule has 1 saturated carbocycles. The number of hydrogen-bond acceptors (Lipinski definition) is 5. The second-order valence-electron chi connectivity index (χ2n) is 7.56. The highest BCUT2D eigenvalue weighted by Crippen LogP contribution is 2.50. The fourth-order valence-corrected chi connectivity index (χ4v) is 6.85. The van der Waals surface area contributed by atoms with Crippen LogP contribution in [0.4, 0.5) is 10.1 Å². The first-order valence-corrected chi connectivity index (χ1v) is 12.3. The monoisotopic (exact) mass is 456 g/mol. The summed E-state index contributed by atoms with van der Waals surface area (Å²) in [5.74, 6) is 0.565. The summed E-state index contributed by atoms with van der Waals surface area (Å²) in [6.07, 6.45) is 6.01. The maximum absolute atomic E-state index is 13.3. The molecule has 0 amide bonds. The molecule has 1 aliphatic heterocycles. The van der Waals surface area contributed by atoms with Crippen molar-refractivity contribution < 1.29 is 9.13 Å². The van der Waals surface area contributed by atoms with Crippen molar-refractivity contribution in [1.29, 1.82) is 0 Å². The number of rotatable bonds is 3. The van der Waals surface area contributed by atoms with Crippen molar-refractivity contribution in [3.63, 3.8) is 0 Å². The highest BCUT2D eigenvalue weighted by Gasteiger charge is 2.34. The topological polar surface area (TPSA) is 26.5 Å². The summed E-state index contributed by atoms with van der Waals surface area (Å²) in [5, 5.41) is 0.644. The molecule has 30 heavy (non-hydrogen) atoms. The van der Waals surface area contributed by atoms with E-state index >= 15 is 0 Å². The predicted molar refractivity (Wildman–Crippen MR) is 125 cm³/mol. The summed E-state index contributed by atoms with van der Waals surface area (Å²) >= 11 is 9.03. The molecule has 0 N–H and O–H groups in total. The number of fused-ring (bicyclic) bond motifs is 1. The summed E-state index contributed by atoms with van der Waals surface area (Å²) < 4.78 is 22.8. The van der Waals surface area contributed by atoms with E-state index in [1.807, 2.05) is 6.07 Å². The van der Waals surface area contributed by atoms with Gasteiger partial charge in [0.2, 0.25) is 5.88 Å². The quantitative estimate of drug-likeness (QED) is 0.376. The van der Waals surface area contributed by atoms with Gasteiger partial charge < -0.3 is 4.74 Å². The molecule has 0 spiro atoms. The van der Waals surface area contributed by atoms with Crippen molar-refractivity contribution >= 4 is 46.2 Å². The molecule has 2 aromatic carbocycles. The summed E-state index contributed by atoms with van der Waals surface area (Å²) in [6, 6.07) is 17.0. The van der Waals surface area contributed by atoms with E-state index in [2.05, 4.69) is 33.8 Å². The van der Waals surface area contributed by atoms with Crippen LogP contribution >= 0.6 is 35.3 Å². The van der Waals surface area contributed by atoms with Gasteiger partial charge in [0.05, 0.1) is 15.8 Å². The minimum absolute atomic E-state index is 0.0747. The minimum Gasteiger partial charge on any atom is -0.415 e. The van der Waals surface area contributed by atoms with E-state index in [4.69, 9.17) is 17.0 Å². The van der Waals surface area contributed by atoms with E-state index < -0.39 is 0 Å². The van der Waals surface area contributed by atoms with Crippen LogP contribution in [0.5, 0.6) is 5.88 Å². The number of ether oxygens (including phenoxy) is 1. The zero-order valence-corrected chi connectivity index (χ0v) is 18.7. The molecular formula is C23H21FN2OS3.